The second-order valence-electron chi connectivity index (χ2n) is 6.74. The Balaban J connectivity index is 2.32. The second-order valence-corrected chi connectivity index (χ2v) is 8.83. The van der Waals surface area contributed by atoms with Crippen molar-refractivity contribution in [3.8, 4) is 0 Å². The van der Waals surface area contributed by atoms with Crippen molar-refractivity contribution in [3.63, 3.8) is 0 Å². The van der Waals surface area contributed by atoms with Gasteiger partial charge in [0, 0.05) is 23.2 Å². The zero-order valence-electron chi connectivity index (χ0n) is 14.6. The number of rotatable bonds is 6. The Labute approximate surface area is 157 Å². The number of benzene rings is 2. The lowest BCUT2D eigenvalue weighted by atomic mass is 10.1. The van der Waals surface area contributed by atoms with Crippen LogP contribution in [0.4, 0.5) is 11.4 Å². The lowest BCUT2D eigenvalue weighted by Crippen LogP contribution is -2.40. The van der Waals surface area contributed by atoms with Gasteiger partial charge in [-0.15, -0.1) is 0 Å². The molecule has 0 saturated heterocycles. The zero-order valence-corrected chi connectivity index (χ0v) is 16.2. The van der Waals surface area contributed by atoms with Crippen LogP contribution in [0.5, 0.6) is 0 Å². The first-order valence-corrected chi connectivity index (χ1v) is 9.65. The van der Waals surface area contributed by atoms with E-state index >= 15 is 0 Å². The molecular formula is C17H20ClN3O4S. The van der Waals surface area contributed by atoms with E-state index in [1.807, 2.05) is 6.07 Å². The molecule has 0 aliphatic rings. The van der Waals surface area contributed by atoms with Crippen molar-refractivity contribution in [1.82, 2.24) is 4.72 Å². The van der Waals surface area contributed by atoms with Gasteiger partial charge < -0.3 is 5.32 Å². The van der Waals surface area contributed by atoms with Gasteiger partial charge in [0.1, 0.15) is 5.69 Å². The van der Waals surface area contributed by atoms with Crippen molar-refractivity contribution in [2.24, 2.45) is 0 Å². The number of halogens is 1. The third kappa shape index (κ3) is 5.17. The summed E-state index contributed by atoms with van der Waals surface area (Å²) in [7, 11) is -3.87. The third-order valence-corrected chi connectivity index (χ3v) is 5.47. The molecule has 0 saturated carbocycles. The summed E-state index contributed by atoms with van der Waals surface area (Å²) in [5, 5.41) is 14.9. The summed E-state index contributed by atoms with van der Waals surface area (Å²) in [6.07, 6.45) is 0. The highest BCUT2D eigenvalue weighted by Gasteiger charge is 2.25. The van der Waals surface area contributed by atoms with E-state index < -0.39 is 20.5 Å². The zero-order chi connectivity index (χ0) is 19.5. The summed E-state index contributed by atoms with van der Waals surface area (Å²) < 4.78 is 27.2. The summed E-state index contributed by atoms with van der Waals surface area (Å²) in [6, 6.07) is 10.9. The first-order valence-electron chi connectivity index (χ1n) is 7.79. The van der Waals surface area contributed by atoms with Crippen LogP contribution in [0.25, 0.3) is 0 Å². The molecule has 0 unspecified atom stereocenters. The molecule has 0 atom stereocenters. The van der Waals surface area contributed by atoms with E-state index in [9.17, 15) is 18.5 Å². The molecule has 0 bridgehead atoms. The maximum absolute atomic E-state index is 12.4. The van der Waals surface area contributed by atoms with Gasteiger partial charge in [-0.2, -0.15) is 0 Å². The molecule has 0 aromatic heterocycles. The van der Waals surface area contributed by atoms with Crippen molar-refractivity contribution in [3.05, 3.63) is 63.2 Å². The SMILES string of the molecule is CC(C)(C)NS(=O)(=O)c1ccc(NCc2ccccc2Cl)c([N+](=O)[O-])c1. The molecule has 0 aliphatic carbocycles. The number of hydrogen-bond donors (Lipinski definition) is 2. The lowest BCUT2D eigenvalue weighted by Gasteiger charge is -2.20. The summed E-state index contributed by atoms with van der Waals surface area (Å²) >= 11 is 6.08. The number of nitrogens with zero attached hydrogens (tertiary/aromatic N) is 1. The normalized spacial score (nSPS) is 12.0. The van der Waals surface area contributed by atoms with Crippen molar-refractivity contribution >= 4 is 33.0 Å². The van der Waals surface area contributed by atoms with Gasteiger partial charge in [-0.25, -0.2) is 13.1 Å². The van der Waals surface area contributed by atoms with Gasteiger partial charge >= 0.3 is 0 Å². The molecule has 2 aromatic rings. The number of hydrogen-bond acceptors (Lipinski definition) is 5. The number of nitro benzene ring substituents is 1. The Morgan fingerprint density at radius 1 is 1.15 bits per heavy atom. The molecule has 2 N–H and O–H groups in total. The summed E-state index contributed by atoms with van der Waals surface area (Å²) in [5.41, 5.74) is -0.0396. The quantitative estimate of drug-likeness (QED) is 0.567. The minimum atomic E-state index is -3.87. The standard InChI is InChI=1S/C17H20ClN3O4S/c1-17(2,3)20-26(24,25)13-8-9-15(16(10-13)21(22)23)19-11-12-6-4-5-7-14(12)18/h4-10,19-20H,11H2,1-3H3. The average molecular weight is 398 g/mol. The summed E-state index contributed by atoms with van der Waals surface area (Å²) in [6.45, 7) is 5.35. The molecule has 2 rings (SSSR count). The predicted molar refractivity (Wildman–Crippen MR) is 102 cm³/mol. The Kier molecular flexibility index (Phi) is 5.90. The molecule has 0 amide bonds. The first-order chi connectivity index (χ1) is 12.0. The predicted octanol–water partition coefficient (Wildman–Crippen LogP) is 3.94. The van der Waals surface area contributed by atoms with Crippen LogP contribution < -0.4 is 10.0 Å². The fourth-order valence-corrected chi connectivity index (χ4v) is 3.91. The van der Waals surface area contributed by atoms with Crippen LogP contribution >= 0.6 is 11.6 Å². The minimum Gasteiger partial charge on any atom is -0.375 e. The van der Waals surface area contributed by atoms with Crippen LogP contribution in [0.2, 0.25) is 5.02 Å². The second kappa shape index (κ2) is 7.61. The molecule has 26 heavy (non-hydrogen) atoms. The van der Waals surface area contributed by atoms with E-state index in [0.29, 0.717) is 5.02 Å². The molecule has 0 aliphatic heterocycles. The molecule has 7 nitrogen and oxygen atoms in total. The Morgan fingerprint density at radius 2 is 1.81 bits per heavy atom. The topological polar surface area (TPSA) is 101 Å². The molecule has 0 spiro atoms. The highest BCUT2D eigenvalue weighted by molar-refractivity contribution is 7.89. The van der Waals surface area contributed by atoms with Crippen LogP contribution in [0, 0.1) is 10.1 Å². The summed E-state index contributed by atoms with van der Waals surface area (Å²) in [5.74, 6) is 0. The van der Waals surface area contributed by atoms with E-state index in [-0.39, 0.29) is 22.8 Å². The van der Waals surface area contributed by atoms with Crippen molar-refractivity contribution < 1.29 is 13.3 Å². The van der Waals surface area contributed by atoms with Crippen LogP contribution in [-0.2, 0) is 16.6 Å². The Morgan fingerprint density at radius 3 is 2.38 bits per heavy atom. The van der Waals surface area contributed by atoms with E-state index in [2.05, 4.69) is 10.0 Å². The van der Waals surface area contributed by atoms with Crippen molar-refractivity contribution in [2.75, 3.05) is 5.32 Å². The smallest absolute Gasteiger partial charge is 0.293 e. The van der Waals surface area contributed by atoms with Gasteiger partial charge in [0.15, 0.2) is 0 Å². The van der Waals surface area contributed by atoms with Crippen LogP contribution in [0.1, 0.15) is 26.3 Å². The van der Waals surface area contributed by atoms with E-state index in [4.69, 9.17) is 11.6 Å². The van der Waals surface area contributed by atoms with E-state index in [1.165, 1.54) is 12.1 Å². The Bertz CT molecular complexity index is 924. The van der Waals surface area contributed by atoms with Gasteiger partial charge in [-0.3, -0.25) is 10.1 Å². The van der Waals surface area contributed by atoms with E-state index in [0.717, 1.165) is 11.6 Å². The minimum absolute atomic E-state index is 0.164. The molecule has 2 aromatic carbocycles. The van der Waals surface area contributed by atoms with Crippen LogP contribution in [-0.4, -0.2) is 18.9 Å². The highest BCUT2D eigenvalue weighted by atomic mass is 35.5. The van der Waals surface area contributed by atoms with Gasteiger partial charge in [0.25, 0.3) is 5.69 Å². The fraction of sp³-hybridized carbons (Fsp3) is 0.294. The molecule has 0 radical (unpaired) electrons. The maximum atomic E-state index is 12.4. The van der Waals surface area contributed by atoms with Crippen LogP contribution in [0.15, 0.2) is 47.4 Å². The van der Waals surface area contributed by atoms with Crippen molar-refractivity contribution in [2.45, 2.75) is 37.8 Å². The molecular weight excluding hydrogens is 378 g/mol. The molecule has 9 heteroatoms. The van der Waals surface area contributed by atoms with Gasteiger partial charge in [-0.1, -0.05) is 29.8 Å². The fourth-order valence-electron chi connectivity index (χ4n) is 2.27. The van der Waals surface area contributed by atoms with E-state index in [1.54, 1.807) is 39.0 Å². The lowest BCUT2D eigenvalue weighted by molar-refractivity contribution is -0.384. The highest BCUT2D eigenvalue weighted by Crippen LogP contribution is 2.29. The number of anilines is 1. The maximum Gasteiger partial charge on any atom is 0.293 e. The monoisotopic (exact) mass is 397 g/mol. The number of sulfonamides is 1. The van der Waals surface area contributed by atoms with Crippen molar-refractivity contribution in [1.29, 1.82) is 0 Å². The third-order valence-electron chi connectivity index (χ3n) is 3.34. The number of nitrogens with one attached hydrogen (secondary N) is 2. The largest absolute Gasteiger partial charge is 0.375 e. The molecule has 0 fully saturated rings. The average Bonchev–Trinajstić information content (AvgIpc) is 2.51. The van der Waals surface area contributed by atoms with Gasteiger partial charge in [-0.05, 0) is 44.5 Å². The van der Waals surface area contributed by atoms with Gasteiger partial charge in [0.2, 0.25) is 10.0 Å². The van der Waals surface area contributed by atoms with Crippen LogP contribution in [0.3, 0.4) is 0 Å². The first kappa shape index (κ1) is 20.2. The summed E-state index contributed by atoms with van der Waals surface area (Å²) in [4.78, 5) is 10.6. The Hall–Kier alpha value is -2.16. The van der Waals surface area contributed by atoms with Gasteiger partial charge in [0.05, 0.1) is 9.82 Å². The molecule has 0 heterocycles. The number of nitro groups is 1. The molecule has 140 valence electrons.